The van der Waals surface area contributed by atoms with Crippen molar-refractivity contribution in [3.8, 4) is 0 Å². The number of aliphatic hydroxyl groups excluding tert-OH is 1. The first-order chi connectivity index (χ1) is 12.4. The Morgan fingerprint density at radius 2 is 1.85 bits per heavy atom. The minimum atomic E-state index is -2.75. The van der Waals surface area contributed by atoms with Gasteiger partial charge in [0, 0.05) is 19.1 Å². The third-order valence-corrected chi connectivity index (χ3v) is 4.52. The van der Waals surface area contributed by atoms with Crippen LogP contribution in [0.1, 0.15) is 37.6 Å². The van der Waals surface area contributed by atoms with E-state index in [9.17, 15) is 13.9 Å². The summed E-state index contributed by atoms with van der Waals surface area (Å²) in [7, 11) is 0. The molecule has 2 aromatic heterocycles. The Morgan fingerprint density at radius 1 is 1.12 bits per heavy atom. The van der Waals surface area contributed by atoms with Crippen molar-refractivity contribution in [2.24, 2.45) is 5.41 Å². The molecule has 0 aliphatic rings. The van der Waals surface area contributed by atoms with Crippen molar-refractivity contribution in [1.82, 2.24) is 19.8 Å². The Balaban J connectivity index is 1.85. The zero-order valence-electron chi connectivity index (χ0n) is 14.6. The lowest BCUT2D eigenvalue weighted by Crippen LogP contribution is -2.31. The highest BCUT2D eigenvalue weighted by molar-refractivity contribution is 5.44. The molecule has 0 bridgehead atoms. The van der Waals surface area contributed by atoms with Crippen LogP contribution in [0.5, 0.6) is 0 Å². The number of halogens is 2. The number of hydrogen-bond acceptors (Lipinski definition) is 5. The minimum Gasteiger partial charge on any atom is -0.396 e. The van der Waals surface area contributed by atoms with Crippen molar-refractivity contribution in [2.75, 3.05) is 18.5 Å². The van der Waals surface area contributed by atoms with Crippen LogP contribution in [0.15, 0.2) is 42.5 Å². The lowest BCUT2D eigenvalue weighted by Gasteiger charge is -2.33. The second kappa shape index (κ2) is 7.33. The summed E-state index contributed by atoms with van der Waals surface area (Å²) in [6, 6.07) is 13.1. The predicted octanol–water partition coefficient (Wildman–Crippen LogP) is 3.28. The average Bonchev–Trinajstić information content (AvgIpc) is 3.06. The Hall–Kier alpha value is -2.61. The quantitative estimate of drug-likeness (QED) is 0.675. The van der Waals surface area contributed by atoms with E-state index in [4.69, 9.17) is 0 Å². The number of aliphatic hydroxyl groups is 1. The maximum atomic E-state index is 13.0. The highest BCUT2D eigenvalue weighted by atomic mass is 19.3. The van der Waals surface area contributed by atoms with Crippen molar-refractivity contribution in [1.29, 1.82) is 0 Å². The summed E-state index contributed by atoms with van der Waals surface area (Å²) in [5.41, 5.74) is 0.974. The lowest BCUT2D eigenvalue weighted by atomic mass is 9.75. The van der Waals surface area contributed by atoms with Gasteiger partial charge in [-0.15, -0.1) is 15.3 Å². The summed E-state index contributed by atoms with van der Waals surface area (Å²) in [4.78, 5) is 0. The molecule has 2 N–H and O–H groups in total. The third kappa shape index (κ3) is 3.65. The van der Waals surface area contributed by atoms with Crippen molar-refractivity contribution in [2.45, 2.75) is 26.2 Å². The maximum Gasteiger partial charge on any atom is 0.299 e. The molecule has 26 heavy (non-hydrogen) atoms. The van der Waals surface area contributed by atoms with Gasteiger partial charge < -0.3 is 10.4 Å². The number of nitrogens with zero attached hydrogens (tertiary/aromatic N) is 4. The lowest BCUT2D eigenvalue weighted by molar-refractivity contribution is 0.134. The summed E-state index contributed by atoms with van der Waals surface area (Å²) >= 11 is 0. The minimum absolute atomic E-state index is 0.00155. The molecule has 0 saturated heterocycles. The molecular formula is C18H21F2N5O. The average molecular weight is 361 g/mol. The molecule has 8 heteroatoms. The molecule has 3 rings (SSSR count). The number of alkyl halides is 2. The SMILES string of the molecule is CC(C)(CO)C(CNc1ccc2nnc(C(F)F)n2n1)c1ccccc1. The molecular weight excluding hydrogens is 340 g/mol. The first kappa shape index (κ1) is 18.2. The molecule has 0 fully saturated rings. The summed E-state index contributed by atoms with van der Waals surface area (Å²) < 4.78 is 27.0. The fourth-order valence-electron chi connectivity index (χ4n) is 2.88. The van der Waals surface area contributed by atoms with Gasteiger partial charge in [-0.2, -0.15) is 4.52 Å². The molecule has 0 spiro atoms. The normalized spacial score (nSPS) is 13.3. The smallest absolute Gasteiger partial charge is 0.299 e. The fourth-order valence-corrected chi connectivity index (χ4v) is 2.88. The van der Waals surface area contributed by atoms with Crippen LogP contribution in [0, 0.1) is 5.41 Å². The first-order valence-electron chi connectivity index (χ1n) is 8.32. The molecule has 0 aliphatic carbocycles. The van der Waals surface area contributed by atoms with Gasteiger partial charge in [0.25, 0.3) is 6.43 Å². The number of hydrogen-bond donors (Lipinski definition) is 2. The van der Waals surface area contributed by atoms with Crippen LogP contribution >= 0.6 is 0 Å². The van der Waals surface area contributed by atoms with Crippen molar-refractivity contribution < 1.29 is 13.9 Å². The number of fused-ring (bicyclic) bond motifs is 1. The van der Waals surface area contributed by atoms with E-state index in [0.29, 0.717) is 12.4 Å². The summed E-state index contributed by atoms with van der Waals surface area (Å²) in [5, 5.41) is 24.3. The van der Waals surface area contributed by atoms with Crippen LogP contribution in [-0.2, 0) is 0 Å². The van der Waals surface area contributed by atoms with Gasteiger partial charge in [-0.3, -0.25) is 0 Å². The predicted molar refractivity (Wildman–Crippen MR) is 94.3 cm³/mol. The fraction of sp³-hybridized carbons (Fsp3) is 0.389. The number of nitrogens with one attached hydrogen (secondary N) is 1. The molecule has 2 heterocycles. The van der Waals surface area contributed by atoms with E-state index in [0.717, 1.165) is 10.1 Å². The molecule has 0 amide bonds. The van der Waals surface area contributed by atoms with Gasteiger partial charge in [-0.25, -0.2) is 8.78 Å². The Bertz CT molecular complexity index is 866. The molecule has 1 atom stereocenters. The molecule has 0 radical (unpaired) electrons. The third-order valence-electron chi connectivity index (χ3n) is 4.52. The Kier molecular flexibility index (Phi) is 5.13. The van der Waals surface area contributed by atoms with Crippen molar-refractivity contribution in [3.05, 3.63) is 53.9 Å². The van der Waals surface area contributed by atoms with E-state index in [1.165, 1.54) is 0 Å². The van der Waals surface area contributed by atoms with Gasteiger partial charge in [0.15, 0.2) is 5.65 Å². The zero-order chi connectivity index (χ0) is 18.7. The van der Waals surface area contributed by atoms with Crippen LogP contribution < -0.4 is 5.32 Å². The van der Waals surface area contributed by atoms with Gasteiger partial charge in [-0.1, -0.05) is 44.2 Å². The molecule has 1 unspecified atom stereocenters. The van der Waals surface area contributed by atoms with Crippen molar-refractivity contribution in [3.63, 3.8) is 0 Å². The van der Waals surface area contributed by atoms with E-state index >= 15 is 0 Å². The number of aromatic nitrogens is 4. The van der Waals surface area contributed by atoms with E-state index in [1.54, 1.807) is 12.1 Å². The summed E-state index contributed by atoms with van der Waals surface area (Å²) in [6.07, 6.45) is -2.75. The Labute approximate surface area is 149 Å². The number of benzene rings is 1. The first-order valence-corrected chi connectivity index (χ1v) is 8.32. The van der Waals surface area contributed by atoms with Crippen LogP contribution in [0.3, 0.4) is 0 Å². The van der Waals surface area contributed by atoms with Crippen LogP contribution in [0.2, 0.25) is 0 Å². The molecule has 6 nitrogen and oxygen atoms in total. The van der Waals surface area contributed by atoms with Crippen LogP contribution in [0.25, 0.3) is 5.65 Å². The maximum absolute atomic E-state index is 13.0. The van der Waals surface area contributed by atoms with Gasteiger partial charge in [0.2, 0.25) is 5.82 Å². The van der Waals surface area contributed by atoms with E-state index in [2.05, 4.69) is 20.6 Å². The van der Waals surface area contributed by atoms with E-state index in [-0.39, 0.29) is 23.6 Å². The van der Waals surface area contributed by atoms with Crippen LogP contribution in [-0.4, -0.2) is 38.1 Å². The Morgan fingerprint density at radius 3 is 2.50 bits per heavy atom. The van der Waals surface area contributed by atoms with E-state index in [1.807, 2.05) is 44.2 Å². The highest BCUT2D eigenvalue weighted by Gasteiger charge is 2.30. The zero-order valence-corrected chi connectivity index (χ0v) is 14.6. The monoisotopic (exact) mass is 361 g/mol. The van der Waals surface area contributed by atoms with Gasteiger partial charge in [0.05, 0.1) is 0 Å². The number of rotatable bonds is 7. The number of anilines is 1. The standard InChI is InChI=1S/C18H21F2N5O/c1-18(2,11-26)13(12-6-4-3-5-7-12)10-21-14-8-9-15-22-23-17(16(19)20)25(15)24-14/h3-9,13,16,26H,10-11H2,1-2H3,(H,21,24). The topological polar surface area (TPSA) is 75.3 Å². The van der Waals surface area contributed by atoms with Gasteiger partial charge >= 0.3 is 0 Å². The van der Waals surface area contributed by atoms with Gasteiger partial charge in [0.1, 0.15) is 5.82 Å². The van der Waals surface area contributed by atoms with Gasteiger partial charge in [-0.05, 0) is 23.1 Å². The van der Waals surface area contributed by atoms with E-state index < -0.39 is 12.2 Å². The summed E-state index contributed by atoms with van der Waals surface area (Å²) in [5.74, 6) is -0.0468. The van der Waals surface area contributed by atoms with Crippen molar-refractivity contribution >= 4 is 11.5 Å². The molecule has 138 valence electrons. The largest absolute Gasteiger partial charge is 0.396 e. The molecule has 1 aromatic carbocycles. The second-order valence-electron chi connectivity index (χ2n) is 6.84. The summed E-state index contributed by atoms with van der Waals surface area (Å²) in [6.45, 7) is 4.47. The molecule has 0 saturated carbocycles. The molecule has 0 aliphatic heterocycles. The molecule has 3 aromatic rings. The highest BCUT2D eigenvalue weighted by Crippen LogP contribution is 2.35. The van der Waals surface area contributed by atoms with Crippen LogP contribution in [0.4, 0.5) is 14.6 Å². The second-order valence-corrected chi connectivity index (χ2v) is 6.84.